The molecule has 2 aromatic heterocycles. The molecule has 9 nitrogen and oxygen atoms in total. The number of carbonyl (C=O) groups is 1. The second kappa shape index (κ2) is 8.70. The summed E-state index contributed by atoms with van der Waals surface area (Å²) >= 11 is 1.33. The molecule has 0 spiro atoms. The van der Waals surface area contributed by atoms with Crippen LogP contribution in [0.3, 0.4) is 0 Å². The molecule has 3 aromatic rings. The SMILES string of the molecule is COc1ccc(CNC(=O)c2cc(=O)nc3sc(N4CCCCC4)nn23)c(OC)c1. The van der Waals surface area contributed by atoms with Gasteiger partial charge in [-0.3, -0.25) is 9.59 Å². The molecule has 1 amide bonds. The van der Waals surface area contributed by atoms with Gasteiger partial charge in [-0.25, -0.2) is 0 Å². The number of piperidine rings is 1. The summed E-state index contributed by atoms with van der Waals surface area (Å²) in [5.41, 5.74) is 0.490. The van der Waals surface area contributed by atoms with Crippen LogP contribution < -0.4 is 25.2 Å². The number of benzene rings is 1. The molecule has 0 atom stereocenters. The van der Waals surface area contributed by atoms with Crippen LogP contribution in [0, 0.1) is 0 Å². The van der Waals surface area contributed by atoms with E-state index in [1.165, 1.54) is 28.3 Å². The summed E-state index contributed by atoms with van der Waals surface area (Å²) in [5.74, 6) is 0.864. The van der Waals surface area contributed by atoms with E-state index in [1.807, 2.05) is 6.07 Å². The van der Waals surface area contributed by atoms with Gasteiger partial charge in [-0.15, -0.1) is 5.10 Å². The van der Waals surface area contributed by atoms with Crippen LogP contribution in [0.4, 0.5) is 5.13 Å². The Bertz CT molecular complexity index is 1120. The molecule has 0 unspecified atom stereocenters. The predicted octanol–water partition coefficient (Wildman–Crippen LogP) is 2.09. The molecule has 0 bridgehead atoms. The third-order valence-corrected chi connectivity index (χ3v) is 6.01. The molecule has 4 rings (SSSR count). The predicted molar refractivity (Wildman–Crippen MR) is 114 cm³/mol. The van der Waals surface area contributed by atoms with Crippen molar-refractivity contribution in [2.75, 3.05) is 32.2 Å². The van der Waals surface area contributed by atoms with Crippen molar-refractivity contribution in [2.45, 2.75) is 25.8 Å². The minimum absolute atomic E-state index is 0.164. The molecule has 1 N–H and O–H groups in total. The zero-order chi connectivity index (χ0) is 21.1. The van der Waals surface area contributed by atoms with E-state index < -0.39 is 11.5 Å². The Morgan fingerprint density at radius 1 is 1.17 bits per heavy atom. The number of carbonyl (C=O) groups excluding carboxylic acids is 1. The van der Waals surface area contributed by atoms with Gasteiger partial charge in [-0.1, -0.05) is 11.3 Å². The van der Waals surface area contributed by atoms with Crippen molar-refractivity contribution in [1.29, 1.82) is 0 Å². The number of fused-ring (bicyclic) bond motifs is 1. The van der Waals surface area contributed by atoms with E-state index in [4.69, 9.17) is 9.47 Å². The summed E-state index contributed by atoms with van der Waals surface area (Å²) in [6.07, 6.45) is 3.43. The smallest absolute Gasteiger partial charge is 0.274 e. The Kier molecular flexibility index (Phi) is 5.84. The van der Waals surface area contributed by atoms with Crippen LogP contribution in [0.2, 0.25) is 0 Å². The first-order valence-corrected chi connectivity index (χ1v) is 10.6. The van der Waals surface area contributed by atoms with Crippen LogP contribution >= 0.6 is 11.3 Å². The van der Waals surface area contributed by atoms with Gasteiger partial charge in [-0.2, -0.15) is 9.50 Å². The minimum atomic E-state index is -0.462. The normalized spacial score (nSPS) is 14.0. The molecular formula is C20H23N5O4S. The van der Waals surface area contributed by atoms with Gasteiger partial charge in [0.1, 0.15) is 17.2 Å². The van der Waals surface area contributed by atoms with Gasteiger partial charge in [0.15, 0.2) is 0 Å². The van der Waals surface area contributed by atoms with Gasteiger partial charge in [-0.05, 0) is 31.4 Å². The zero-order valence-electron chi connectivity index (χ0n) is 16.9. The molecule has 1 aliphatic heterocycles. The van der Waals surface area contributed by atoms with Crippen molar-refractivity contribution in [3.63, 3.8) is 0 Å². The second-order valence-corrected chi connectivity index (χ2v) is 7.90. The summed E-state index contributed by atoms with van der Waals surface area (Å²) in [6, 6.07) is 6.59. The van der Waals surface area contributed by atoms with Gasteiger partial charge in [0, 0.05) is 37.3 Å². The Hall–Kier alpha value is -3.14. The highest BCUT2D eigenvalue weighted by atomic mass is 32.1. The Balaban J connectivity index is 1.58. The first-order chi connectivity index (χ1) is 14.6. The lowest BCUT2D eigenvalue weighted by atomic mass is 10.1. The number of nitrogens with one attached hydrogen (secondary N) is 1. The topological polar surface area (TPSA) is 98.1 Å². The van der Waals surface area contributed by atoms with Gasteiger partial charge >= 0.3 is 0 Å². The molecule has 1 aromatic carbocycles. The second-order valence-electron chi connectivity index (χ2n) is 6.97. The highest BCUT2D eigenvalue weighted by molar-refractivity contribution is 7.20. The number of nitrogens with zero attached hydrogens (tertiary/aromatic N) is 4. The Morgan fingerprint density at radius 3 is 2.70 bits per heavy atom. The molecule has 158 valence electrons. The summed E-state index contributed by atoms with van der Waals surface area (Å²) in [5, 5.41) is 8.18. The molecule has 1 aliphatic rings. The molecule has 0 aliphatic carbocycles. The van der Waals surface area contributed by atoms with Crippen molar-refractivity contribution >= 4 is 27.3 Å². The fourth-order valence-corrected chi connectivity index (χ4v) is 4.40. The highest BCUT2D eigenvalue weighted by Gasteiger charge is 2.20. The first-order valence-electron chi connectivity index (χ1n) is 9.74. The standard InChI is InChI=1S/C20H23N5O4S/c1-28-14-7-6-13(16(10-14)29-2)12-21-18(27)15-11-17(26)22-19-25(15)23-20(30-19)24-8-4-3-5-9-24/h6-7,10-11H,3-5,8-9,12H2,1-2H3,(H,21,27). The molecule has 10 heteroatoms. The third-order valence-electron chi connectivity index (χ3n) is 5.04. The van der Waals surface area contributed by atoms with Gasteiger partial charge in [0.05, 0.1) is 14.2 Å². The lowest BCUT2D eigenvalue weighted by Crippen LogP contribution is -2.30. The van der Waals surface area contributed by atoms with E-state index >= 15 is 0 Å². The maximum Gasteiger partial charge on any atom is 0.274 e. The minimum Gasteiger partial charge on any atom is -0.497 e. The van der Waals surface area contributed by atoms with Crippen molar-refractivity contribution in [2.24, 2.45) is 0 Å². The van der Waals surface area contributed by atoms with E-state index in [0.29, 0.717) is 16.5 Å². The quantitative estimate of drug-likeness (QED) is 0.641. The van der Waals surface area contributed by atoms with Crippen LogP contribution in [0.1, 0.15) is 35.3 Å². The molecule has 1 fully saturated rings. The van der Waals surface area contributed by atoms with Crippen molar-refractivity contribution in [1.82, 2.24) is 19.9 Å². The Morgan fingerprint density at radius 2 is 1.97 bits per heavy atom. The Labute approximate surface area is 177 Å². The number of anilines is 1. The van der Waals surface area contributed by atoms with Gasteiger partial charge in [0.25, 0.3) is 11.5 Å². The van der Waals surface area contributed by atoms with Crippen LogP contribution in [-0.2, 0) is 6.54 Å². The fraction of sp³-hybridized carbons (Fsp3) is 0.400. The number of aromatic nitrogens is 3. The average molecular weight is 430 g/mol. The molecule has 3 heterocycles. The number of amides is 1. The number of ether oxygens (including phenoxy) is 2. The summed E-state index contributed by atoms with van der Waals surface area (Å²) in [4.78, 5) is 31.6. The molecule has 30 heavy (non-hydrogen) atoms. The molecule has 0 radical (unpaired) electrons. The summed E-state index contributed by atoms with van der Waals surface area (Å²) in [7, 11) is 3.14. The van der Waals surface area contributed by atoms with Crippen molar-refractivity contribution < 1.29 is 14.3 Å². The van der Waals surface area contributed by atoms with Crippen LogP contribution in [-0.4, -0.2) is 47.8 Å². The van der Waals surface area contributed by atoms with Crippen LogP contribution in [0.15, 0.2) is 29.1 Å². The zero-order valence-corrected chi connectivity index (χ0v) is 17.7. The summed E-state index contributed by atoms with van der Waals surface area (Å²) in [6.45, 7) is 2.07. The van der Waals surface area contributed by atoms with Crippen molar-refractivity contribution in [3.05, 3.63) is 45.9 Å². The highest BCUT2D eigenvalue weighted by Crippen LogP contribution is 2.26. The molecular weight excluding hydrogens is 406 g/mol. The molecule has 1 saturated heterocycles. The third kappa shape index (κ3) is 4.09. The van der Waals surface area contributed by atoms with Crippen LogP contribution in [0.5, 0.6) is 11.5 Å². The van der Waals surface area contributed by atoms with E-state index in [9.17, 15) is 9.59 Å². The number of hydrogen-bond acceptors (Lipinski definition) is 8. The maximum atomic E-state index is 12.9. The van der Waals surface area contributed by atoms with E-state index in [2.05, 4.69) is 20.3 Å². The largest absolute Gasteiger partial charge is 0.497 e. The van der Waals surface area contributed by atoms with Crippen molar-refractivity contribution in [3.8, 4) is 11.5 Å². The molecule has 0 saturated carbocycles. The monoisotopic (exact) mass is 429 g/mol. The van der Waals surface area contributed by atoms with Gasteiger partial charge in [0.2, 0.25) is 10.1 Å². The first kappa shape index (κ1) is 20.1. The number of rotatable bonds is 6. The van der Waals surface area contributed by atoms with E-state index in [0.717, 1.165) is 36.6 Å². The number of methoxy groups -OCH3 is 2. The summed E-state index contributed by atoms with van der Waals surface area (Å²) < 4.78 is 12.0. The maximum absolute atomic E-state index is 12.9. The number of hydrogen-bond donors (Lipinski definition) is 1. The van der Waals surface area contributed by atoms with Crippen LogP contribution in [0.25, 0.3) is 4.96 Å². The lowest BCUT2D eigenvalue weighted by molar-refractivity contribution is 0.0943. The fourth-order valence-electron chi connectivity index (χ4n) is 3.44. The van der Waals surface area contributed by atoms with E-state index in [-0.39, 0.29) is 12.2 Å². The lowest BCUT2D eigenvalue weighted by Gasteiger charge is -2.25. The average Bonchev–Trinajstić information content (AvgIpc) is 3.21. The van der Waals surface area contributed by atoms with Gasteiger partial charge < -0.3 is 19.7 Å². The van der Waals surface area contributed by atoms with E-state index in [1.54, 1.807) is 26.4 Å².